The minimum atomic E-state index is -0.357. The van der Waals surface area contributed by atoms with Crippen LogP contribution >= 0.6 is 0 Å². The lowest BCUT2D eigenvalue weighted by Gasteiger charge is -2.30. The Bertz CT molecular complexity index is 607. The van der Waals surface area contributed by atoms with Gasteiger partial charge in [-0.05, 0) is 45.7 Å². The van der Waals surface area contributed by atoms with Crippen molar-refractivity contribution >= 4 is 11.9 Å². The predicted molar refractivity (Wildman–Crippen MR) is 112 cm³/mol. The van der Waals surface area contributed by atoms with Gasteiger partial charge in [0.2, 0.25) is 5.91 Å². The summed E-state index contributed by atoms with van der Waals surface area (Å²) in [4.78, 5) is 29.2. The van der Waals surface area contributed by atoms with E-state index in [9.17, 15) is 9.59 Å². The highest BCUT2D eigenvalue weighted by Crippen LogP contribution is 2.09. The van der Waals surface area contributed by atoms with E-state index in [2.05, 4.69) is 12.2 Å². The van der Waals surface area contributed by atoms with Gasteiger partial charge in [-0.15, -0.1) is 0 Å². The van der Waals surface area contributed by atoms with Crippen molar-refractivity contribution in [2.75, 3.05) is 33.4 Å². The summed E-state index contributed by atoms with van der Waals surface area (Å²) < 4.78 is 7.13. The monoisotopic (exact) mass is 394 g/mol. The fourth-order valence-corrected chi connectivity index (χ4v) is 2.81. The Morgan fingerprint density at radius 1 is 1.18 bits per heavy atom. The van der Waals surface area contributed by atoms with Crippen LogP contribution < -0.4 is 5.32 Å². The number of urea groups is 1. The van der Waals surface area contributed by atoms with Crippen LogP contribution in [0.3, 0.4) is 0 Å². The van der Waals surface area contributed by atoms with Crippen LogP contribution in [0.25, 0.3) is 0 Å². The van der Waals surface area contributed by atoms with Gasteiger partial charge in [0.1, 0.15) is 6.54 Å². The predicted octanol–water partition coefficient (Wildman–Crippen LogP) is 3.00. The van der Waals surface area contributed by atoms with Gasteiger partial charge in [-0.2, -0.15) is 0 Å². The third-order valence-electron chi connectivity index (χ3n) is 4.41. The van der Waals surface area contributed by atoms with Crippen LogP contribution in [0.5, 0.6) is 0 Å². The molecule has 1 rings (SSSR count). The Morgan fingerprint density at radius 3 is 2.39 bits per heavy atom. The molecule has 160 valence electrons. The third kappa shape index (κ3) is 8.78. The second-order valence-electron chi connectivity index (χ2n) is 8.23. The third-order valence-corrected chi connectivity index (χ3v) is 4.41. The molecular formula is C21H38N4O3. The van der Waals surface area contributed by atoms with E-state index in [1.807, 2.05) is 55.6 Å². The van der Waals surface area contributed by atoms with Crippen molar-refractivity contribution in [2.45, 2.75) is 59.0 Å². The summed E-state index contributed by atoms with van der Waals surface area (Å²) in [5, 5.41) is 2.96. The first-order chi connectivity index (χ1) is 13.2. The van der Waals surface area contributed by atoms with Crippen molar-refractivity contribution in [3.63, 3.8) is 0 Å². The van der Waals surface area contributed by atoms with Crippen LogP contribution in [0.15, 0.2) is 18.3 Å². The first-order valence-corrected chi connectivity index (χ1v) is 10.1. The SMILES string of the molecule is CCCCN(Cc1cccn1C)C(=O)CN(CCCOC)C(=O)NC(C)(C)C. The molecule has 0 radical (unpaired) electrons. The van der Waals surface area contributed by atoms with Crippen molar-refractivity contribution in [3.05, 3.63) is 24.0 Å². The van der Waals surface area contributed by atoms with Gasteiger partial charge >= 0.3 is 6.03 Å². The molecule has 0 spiro atoms. The number of rotatable bonds is 11. The van der Waals surface area contributed by atoms with Crippen LogP contribution in [0.1, 0.15) is 52.7 Å². The first-order valence-electron chi connectivity index (χ1n) is 10.1. The van der Waals surface area contributed by atoms with E-state index in [0.29, 0.717) is 32.7 Å². The number of hydrogen-bond donors (Lipinski definition) is 1. The summed E-state index contributed by atoms with van der Waals surface area (Å²) in [7, 11) is 3.61. The molecule has 0 aromatic carbocycles. The summed E-state index contributed by atoms with van der Waals surface area (Å²) in [5.74, 6) is -0.0314. The topological polar surface area (TPSA) is 66.8 Å². The van der Waals surface area contributed by atoms with E-state index in [-0.39, 0.29) is 24.0 Å². The molecule has 1 aromatic heterocycles. The van der Waals surface area contributed by atoms with Crippen molar-refractivity contribution in [3.8, 4) is 0 Å². The zero-order chi connectivity index (χ0) is 21.2. The van der Waals surface area contributed by atoms with Gasteiger partial charge in [0.05, 0.1) is 6.54 Å². The molecule has 28 heavy (non-hydrogen) atoms. The lowest BCUT2D eigenvalue weighted by molar-refractivity contribution is -0.132. The number of carbonyl (C=O) groups excluding carboxylic acids is 2. The number of unbranched alkanes of at least 4 members (excludes halogenated alkanes) is 1. The fraction of sp³-hybridized carbons (Fsp3) is 0.714. The van der Waals surface area contributed by atoms with Gasteiger partial charge in [0, 0.05) is 51.3 Å². The number of aromatic nitrogens is 1. The number of carbonyl (C=O) groups is 2. The van der Waals surface area contributed by atoms with Crippen molar-refractivity contribution in [1.82, 2.24) is 19.7 Å². The van der Waals surface area contributed by atoms with E-state index in [0.717, 1.165) is 18.5 Å². The average Bonchev–Trinajstić information content (AvgIpc) is 3.00. The molecule has 0 atom stereocenters. The number of nitrogens with one attached hydrogen (secondary N) is 1. The normalized spacial score (nSPS) is 11.4. The van der Waals surface area contributed by atoms with Crippen LogP contribution in [0.4, 0.5) is 4.79 Å². The van der Waals surface area contributed by atoms with Gasteiger partial charge in [-0.1, -0.05) is 13.3 Å². The van der Waals surface area contributed by atoms with E-state index in [4.69, 9.17) is 4.74 Å². The molecule has 7 heteroatoms. The number of nitrogens with zero attached hydrogens (tertiary/aromatic N) is 3. The summed E-state index contributed by atoms with van der Waals surface area (Å²) in [6.45, 7) is 10.2. The summed E-state index contributed by atoms with van der Waals surface area (Å²) >= 11 is 0. The number of aryl methyl sites for hydroxylation is 1. The Balaban J connectivity index is 2.85. The zero-order valence-corrected chi connectivity index (χ0v) is 18.5. The van der Waals surface area contributed by atoms with Crippen LogP contribution in [0, 0.1) is 0 Å². The lowest BCUT2D eigenvalue weighted by Crippen LogP contribution is -2.52. The first kappa shape index (κ1) is 24.0. The molecule has 0 unspecified atom stereocenters. The summed E-state index contributed by atoms with van der Waals surface area (Å²) in [6, 6.07) is 3.78. The van der Waals surface area contributed by atoms with Crippen molar-refractivity contribution in [2.24, 2.45) is 7.05 Å². The maximum absolute atomic E-state index is 13.1. The Hall–Kier alpha value is -2.02. The lowest BCUT2D eigenvalue weighted by atomic mass is 10.1. The van der Waals surface area contributed by atoms with Gasteiger partial charge in [0.15, 0.2) is 0 Å². The average molecular weight is 395 g/mol. The van der Waals surface area contributed by atoms with Crippen LogP contribution in [-0.4, -0.2) is 65.2 Å². The Morgan fingerprint density at radius 2 is 1.86 bits per heavy atom. The smallest absolute Gasteiger partial charge is 0.318 e. The Kier molecular flexibility index (Phi) is 10.1. The largest absolute Gasteiger partial charge is 0.385 e. The van der Waals surface area contributed by atoms with E-state index in [1.165, 1.54) is 0 Å². The molecule has 0 fully saturated rings. The van der Waals surface area contributed by atoms with Gasteiger partial charge in [-0.3, -0.25) is 4.79 Å². The van der Waals surface area contributed by atoms with Gasteiger partial charge in [-0.25, -0.2) is 4.79 Å². The van der Waals surface area contributed by atoms with Crippen molar-refractivity contribution in [1.29, 1.82) is 0 Å². The molecule has 0 bridgehead atoms. The second-order valence-corrected chi connectivity index (χ2v) is 8.23. The highest BCUT2D eigenvalue weighted by Gasteiger charge is 2.24. The van der Waals surface area contributed by atoms with Gasteiger partial charge in [0.25, 0.3) is 0 Å². The molecule has 0 aliphatic heterocycles. The minimum absolute atomic E-state index is 0.0314. The number of methoxy groups -OCH3 is 1. The molecule has 1 aromatic rings. The van der Waals surface area contributed by atoms with Gasteiger partial charge < -0.3 is 24.4 Å². The number of amides is 3. The van der Waals surface area contributed by atoms with Crippen LogP contribution in [0.2, 0.25) is 0 Å². The molecule has 1 N–H and O–H groups in total. The maximum Gasteiger partial charge on any atom is 0.318 e. The molecule has 3 amide bonds. The molecule has 0 aliphatic carbocycles. The zero-order valence-electron chi connectivity index (χ0n) is 18.5. The van der Waals surface area contributed by atoms with Crippen molar-refractivity contribution < 1.29 is 14.3 Å². The minimum Gasteiger partial charge on any atom is -0.385 e. The molecule has 1 heterocycles. The van der Waals surface area contributed by atoms with E-state index < -0.39 is 0 Å². The summed E-state index contributed by atoms with van der Waals surface area (Å²) in [5.41, 5.74) is 0.722. The molecular weight excluding hydrogens is 356 g/mol. The maximum atomic E-state index is 13.1. The summed E-state index contributed by atoms with van der Waals surface area (Å²) in [6.07, 6.45) is 4.62. The number of hydrogen-bond acceptors (Lipinski definition) is 3. The highest BCUT2D eigenvalue weighted by atomic mass is 16.5. The van der Waals surface area contributed by atoms with E-state index in [1.54, 1.807) is 12.0 Å². The number of ether oxygens (including phenoxy) is 1. The second kappa shape index (κ2) is 11.7. The Labute approximate surface area is 170 Å². The van der Waals surface area contributed by atoms with Crippen LogP contribution in [-0.2, 0) is 23.1 Å². The molecule has 0 saturated carbocycles. The molecule has 7 nitrogen and oxygen atoms in total. The standard InChI is InChI=1S/C21H38N4O3/c1-7-8-13-24(16-18-11-9-12-23(18)5)19(26)17-25(14-10-15-28-6)20(27)22-21(2,3)4/h9,11-12H,7-8,10,13-17H2,1-6H3,(H,22,27). The fourth-order valence-electron chi connectivity index (χ4n) is 2.81. The highest BCUT2D eigenvalue weighted by molar-refractivity contribution is 5.84. The quantitative estimate of drug-likeness (QED) is 0.587. The molecule has 0 saturated heterocycles. The molecule has 0 aliphatic rings. The van der Waals surface area contributed by atoms with E-state index >= 15 is 0 Å².